The molecule has 0 saturated carbocycles. The fourth-order valence-electron chi connectivity index (χ4n) is 1.63. The molecule has 0 spiro atoms. The van der Waals surface area contributed by atoms with E-state index < -0.39 is 0 Å². The molecule has 106 valence electrons. The standard InChI is InChI=1S/C12H17N7O/c1-7(2)9-4-8(5-10(13-3)15-9)12(20)14-6-11-16-18-19-17-11/h4-5,7H,6H2,1-3H3,(H,13,15)(H,14,20)(H,16,17,18,19). The molecule has 0 bridgehead atoms. The van der Waals surface area contributed by atoms with Gasteiger partial charge in [0.2, 0.25) is 0 Å². The van der Waals surface area contributed by atoms with Crippen molar-refractivity contribution in [3.05, 3.63) is 29.2 Å². The van der Waals surface area contributed by atoms with E-state index in [0.717, 1.165) is 5.69 Å². The first-order chi connectivity index (χ1) is 9.60. The lowest BCUT2D eigenvalue weighted by Crippen LogP contribution is -2.24. The van der Waals surface area contributed by atoms with Crippen LogP contribution in [0.1, 0.15) is 41.6 Å². The number of carbonyl (C=O) groups is 1. The third-order valence-electron chi connectivity index (χ3n) is 2.75. The van der Waals surface area contributed by atoms with E-state index in [1.807, 2.05) is 13.8 Å². The smallest absolute Gasteiger partial charge is 0.251 e. The van der Waals surface area contributed by atoms with Crippen LogP contribution in [0.15, 0.2) is 12.1 Å². The van der Waals surface area contributed by atoms with E-state index in [1.165, 1.54) is 0 Å². The van der Waals surface area contributed by atoms with Crippen molar-refractivity contribution in [1.29, 1.82) is 0 Å². The van der Waals surface area contributed by atoms with Gasteiger partial charge in [-0.05, 0) is 18.1 Å². The minimum Gasteiger partial charge on any atom is -0.373 e. The second-order valence-corrected chi connectivity index (χ2v) is 4.58. The SMILES string of the molecule is CNc1cc(C(=O)NCc2nn[nH]n2)cc(C(C)C)n1. The molecule has 2 rings (SSSR count). The third-order valence-corrected chi connectivity index (χ3v) is 2.75. The van der Waals surface area contributed by atoms with Crippen LogP contribution in [0.4, 0.5) is 5.82 Å². The van der Waals surface area contributed by atoms with Crippen LogP contribution in [0.5, 0.6) is 0 Å². The van der Waals surface area contributed by atoms with Crippen LogP contribution in [0, 0.1) is 0 Å². The molecule has 8 nitrogen and oxygen atoms in total. The van der Waals surface area contributed by atoms with E-state index >= 15 is 0 Å². The number of pyridine rings is 1. The number of H-pyrrole nitrogens is 1. The molecule has 0 aromatic carbocycles. The number of hydrogen-bond acceptors (Lipinski definition) is 6. The summed E-state index contributed by atoms with van der Waals surface area (Å²) in [5.41, 5.74) is 1.41. The minimum absolute atomic E-state index is 0.199. The van der Waals surface area contributed by atoms with E-state index in [1.54, 1.807) is 19.2 Å². The van der Waals surface area contributed by atoms with Crippen molar-refractivity contribution in [1.82, 2.24) is 30.9 Å². The Balaban J connectivity index is 2.14. The lowest BCUT2D eigenvalue weighted by Gasteiger charge is -2.10. The molecule has 0 saturated heterocycles. The molecule has 0 radical (unpaired) electrons. The van der Waals surface area contributed by atoms with E-state index in [-0.39, 0.29) is 18.4 Å². The van der Waals surface area contributed by atoms with Gasteiger partial charge in [-0.1, -0.05) is 19.1 Å². The van der Waals surface area contributed by atoms with Crippen molar-refractivity contribution < 1.29 is 4.79 Å². The number of nitrogens with one attached hydrogen (secondary N) is 3. The van der Waals surface area contributed by atoms with Gasteiger partial charge in [-0.25, -0.2) is 4.98 Å². The molecule has 2 aromatic heterocycles. The highest BCUT2D eigenvalue weighted by Gasteiger charge is 2.12. The number of nitrogens with zero attached hydrogens (tertiary/aromatic N) is 4. The van der Waals surface area contributed by atoms with E-state index in [0.29, 0.717) is 17.2 Å². The molecule has 2 aromatic rings. The maximum absolute atomic E-state index is 12.1. The molecule has 8 heteroatoms. The van der Waals surface area contributed by atoms with Gasteiger partial charge in [0.15, 0.2) is 5.82 Å². The van der Waals surface area contributed by atoms with Crippen LogP contribution in [0.2, 0.25) is 0 Å². The van der Waals surface area contributed by atoms with Crippen molar-refractivity contribution >= 4 is 11.7 Å². The molecule has 0 aliphatic carbocycles. The summed E-state index contributed by atoms with van der Waals surface area (Å²) < 4.78 is 0. The van der Waals surface area contributed by atoms with Gasteiger partial charge in [-0.15, -0.1) is 10.2 Å². The number of hydrogen-bond donors (Lipinski definition) is 3. The van der Waals surface area contributed by atoms with E-state index in [9.17, 15) is 4.79 Å². The van der Waals surface area contributed by atoms with Crippen molar-refractivity contribution in [3.8, 4) is 0 Å². The van der Waals surface area contributed by atoms with Crippen LogP contribution in [-0.2, 0) is 6.54 Å². The monoisotopic (exact) mass is 275 g/mol. The molecule has 0 unspecified atom stereocenters. The number of anilines is 1. The van der Waals surface area contributed by atoms with Crippen LogP contribution >= 0.6 is 0 Å². The van der Waals surface area contributed by atoms with Crippen LogP contribution in [-0.4, -0.2) is 38.6 Å². The fraction of sp³-hybridized carbons (Fsp3) is 0.417. The molecule has 3 N–H and O–H groups in total. The van der Waals surface area contributed by atoms with Crippen molar-refractivity contribution in [2.75, 3.05) is 12.4 Å². The highest BCUT2D eigenvalue weighted by Crippen LogP contribution is 2.17. The van der Waals surface area contributed by atoms with Gasteiger partial charge in [-0.3, -0.25) is 4.79 Å². The normalized spacial score (nSPS) is 10.6. The Kier molecular flexibility index (Phi) is 4.24. The van der Waals surface area contributed by atoms with Gasteiger partial charge >= 0.3 is 0 Å². The largest absolute Gasteiger partial charge is 0.373 e. The quantitative estimate of drug-likeness (QED) is 0.741. The Labute approximate surface area is 116 Å². The number of carbonyl (C=O) groups excluding carboxylic acids is 1. The highest BCUT2D eigenvalue weighted by atomic mass is 16.1. The topological polar surface area (TPSA) is 108 Å². The summed E-state index contributed by atoms with van der Waals surface area (Å²) in [7, 11) is 1.77. The molecule has 1 amide bonds. The molecule has 0 fully saturated rings. The first-order valence-corrected chi connectivity index (χ1v) is 6.30. The summed E-state index contributed by atoms with van der Waals surface area (Å²) in [6, 6.07) is 3.49. The Morgan fingerprint density at radius 2 is 2.20 bits per heavy atom. The fourth-order valence-corrected chi connectivity index (χ4v) is 1.63. The van der Waals surface area contributed by atoms with Gasteiger partial charge in [0.25, 0.3) is 5.91 Å². The molecular weight excluding hydrogens is 258 g/mol. The summed E-state index contributed by atoms with van der Waals surface area (Å²) in [6.45, 7) is 4.29. The number of rotatable bonds is 5. The summed E-state index contributed by atoms with van der Waals surface area (Å²) in [5.74, 6) is 1.15. The predicted molar refractivity (Wildman–Crippen MR) is 73.2 cm³/mol. The van der Waals surface area contributed by atoms with Gasteiger partial charge < -0.3 is 10.6 Å². The second-order valence-electron chi connectivity index (χ2n) is 4.58. The third kappa shape index (κ3) is 3.28. The zero-order valence-electron chi connectivity index (χ0n) is 11.6. The van der Waals surface area contributed by atoms with E-state index in [2.05, 4.69) is 36.2 Å². The Bertz CT molecular complexity index is 579. The first-order valence-electron chi connectivity index (χ1n) is 6.30. The number of tetrazole rings is 1. The molecular formula is C12H17N7O. The number of aromatic nitrogens is 5. The maximum atomic E-state index is 12.1. The highest BCUT2D eigenvalue weighted by molar-refractivity contribution is 5.94. The minimum atomic E-state index is -0.199. The summed E-state index contributed by atoms with van der Waals surface area (Å²) in [5, 5.41) is 19.0. The van der Waals surface area contributed by atoms with E-state index in [4.69, 9.17) is 0 Å². The van der Waals surface area contributed by atoms with Crippen molar-refractivity contribution in [3.63, 3.8) is 0 Å². The maximum Gasteiger partial charge on any atom is 0.251 e. The van der Waals surface area contributed by atoms with Crippen molar-refractivity contribution in [2.24, 2.45) is 0 Å². The predicted octanol–water partition coefficient (Wildman–Crippen LogP) is 0.690. The van der Waals surface area contributed by atoms with Crippen LogP contribution in [0.25, 0.3) is 0 Å². The van der Waals surface area contributed by atoms with Crippen molar-refractivity contribution in [2.45, 2.75) is 26.3 Å². The van der Waals surface area contributed by atoms with Gasteiger partial charge in [0, 0.05) is 18.3 Å². The average molecular weight is 275 g/mol. The number of aromatic amines is 1. The van der Waals surface area contributed by atoms with Crippen LogP contribution < -0.4 is 10.6 Å². The summed E-state index contributed by atoms with van der Waals surface area (Å²) in [4.78, 5) is 16.5. The molecule has 2 heterocycles. The Hall–Kier alpha value is -2.51. The zero-order valence-corrected chi connectivity index (χ0v) is 11.6. The summed E-state index contributed by atoms with van der Waals surface area (Å²) in [6.07, 6.45) is 0. The first kappa shape index (κ1) is 13.9. The van der Waals surface area contributed by atoms with Gasteiger partial charge in [0.1, 0.15) is 5.82 Å². The van der Waals surface area contributed by atoms with Crippen LogP contribution in [0.3, 0.4) is 0 Å². The molecule has 20 heavy (non-hydrogen) atoms. The zero-order chi connectivity index (χ0) is 14.5. The van der Waals surface area contributed by atoms with Gasteiger partial charge in [0.05, 0.1) is 6.54 Å². The Morgan fingerprint density at radius 3 is 2.80 bits per heavy atom. The van der Waals surface area contributed by atoms with Gasteiger partial charge in [-0.2, -0.15) is 5.21 Å². The number of amides is 1. The summed E-state index contributed by atoms with van der Waals surface area (Å²) >= 11 is 0. The lowest BCUT2D eigenvalue weighted by molar-refractivity contribution is 0.0949. The molecule has 0 aliphatic heterocycles. The molecule has 0 aliphatic rings. The second kappa shape index (κ2) is 6.09. The lowest BCUT2D eigenvalue weighted by atomic mass is 10.1. The Morgan fingerprint density at radius 1 is 1.40 bits per heavy atom. The average Bonchev–Trinajstić information content (AvgIpc) is 2.97. The molecule has 0 atom stereocenters.